The molecule has 3 saturated heterocycles. The Morgan fingerprint density at radius 3 is 2.38 bits per heavy atom. The Labute approximate surface area is 345 Å². The number of nitrogens with zero attached hydrogens (tertiary/aromatic N) is 5. The number of hydrogen-bond donors (Lipinski definition) is 4. The molecule has 14 heteroatoms. The first-order valence-electron chi connectivity index (χ1n) is 22.4. The number of fused-ring (bicyclic) bond motifs is 1. The second-order valence-electron chi connectivity index (χ2n) is 17.8. The molecule has 0 bridgehead atoms. The van der Waals surface area contributed by atoms with Crippen LogP contribution in [0.3, 0.4) is 0 Å². The molecule has 3 unspecified atom stereocenters. The third kappa shape index (κ3) is 10.8. The Hall–Kier alpha value is -3.11. The Morgan fingerprint density at radius 2 is 1.72 bits per heavy atom. The van der Waals surface area contributed by atoms with E-state index in [4.69, 9.17) is 13.9 Å². The van der Waals surface area contributed by atoms with Gasteiger partial charge in [0.05, 0.1) is 43.3 Å². The number of oxazole rings is 1. The van der Waals surface area contributed by atoms with Crippen molar-refractivity contribution < 1.29 is 28.6 Å². The van der Waals surface area contributed by atoms with Crippen molar-refractivity contribution in [2.75, 3.05) is 59.0 Å². The van der Waals surface area contributed by atoms with Crippen molar-refractivity contribution in [3.8, 4) is 5.75 Å². The standard InChI is InChI=1S/C44H70N8O6/c1-30(2)43(55)50-18-20-51(21-19-50)44-48-41(47-34-26-56-27-34)22-38(52(44)35-12-10-8-6-5-7-9-11-13-35)42(54)45-23-36(53)25-49-17-16-37-31(3)39(15-14-33(37)24-49)57-28-40-32(4)46-29-58-40/h14-15,29-30,34-36,38,41,44,47-48,53H,5-13,16-28H2,1-4H3,(H,45,54)/t36-,38?,41?,44?/m0/s1. The van der Waals surface area contributed by atoms with Crippen molar-refractivity contribution >= 4 is 11.8 Å². The van der Waals surface area contributed by atoms with Crippen LogP contribution in [0.1, 0.15) is 106 Å². The van der Waals surface area contributed by atoms with Gasteiger partial charge in [0, 0.05) is 70.7 Å². The molecule has 0 spiro atoms. The average Bonchev–Trinajstić information content (AvgIpc) is 3.63. The quantitative estimate of drug-likeness (QED) is 0.234. The summed E-state index contributed by atoms with van der Waals surface area (Å²) in [6.07, 6.45) is 12.8. The first kappa shape index (κ1) is 43.0. The van der Waals surface area contributed by atoms with Crippen LogP contribution in [-0.2, 0) is 33.9 Å². The Bertz CT molecular complexity index is 1630. The van der Waals surface area contributed by atoms with Crippen LogP contribution in [-0.4, -0.2) is 137 Å². The molecule has 2 amide bonds. The molecule has 322 valence electrons. The molecular formula is C44H70N8O6. The zero-order valence-electron chi connectivity index (χ0n) is 35.6. The van der Waals surface area contributed by atoms with Crippen molar-refractivity contribution in [1.29, 1.82) is 0 Å². The molecule has 4 N–H and O–H groups in total. The number of carbonyl (C=O) groups excluding carboxylic acids is 2. The number of benzene rings is 1. The SMILES string of the molecule is Cc1ncoc1COc1ccc2c(c1C)CCN(C[C@@H](O)CNC(=O)C1CC(NC3COC3)NC(N3CCN(C(=O)C(C)C)CC3)N1C1CCCCCCCCC1)C2. The number of ether oxygens (including phenoxy) is 2. The van der Waals surface area contributed by atoms with E-state index in [2.05, 4.69) is 48.6 Å². The smallest absolute Gasteiger partial charge is 0.237 e. The Balaban J connectivity index is 1.01. The number of piperazine rings is 1. The fourth-order valence-corrected chi connectivity index (χ4v) is 9.71. The summed E-state index contributed by atoms with van der Waals surface area (Å²) in [5.74, 6) is 1.76. The summed E-state index contributed by atoms with van der Waals surface area (Å²) in [5.41, 5.74) is 4.53. The number of aliphatic hydroxyl groups is 1. The van der Waals surface area contributed by atoms with E-state index in [1.807, 2.05) is 31.7 Å². The highest BCUT2D eigenvalue weighted by Crippen LogP contribution is 2.32. The van der Waals surface area contributed by atoms with Crippen LogP contribution in [0.4, 0.5) is 0 Å². The molecule has 58 heavy (non-hydrogen) atoms. The van der Waals surface area contributed by atoms with Gasteiger partial charge in [0.1, 0.15) is 18.6 Å². The van der Waals surface area contributed by atoms with Crippen molar-refractivity contribution in [3.05, 3.63) is 46.7 Å². The number of carbonyl (C=O) groups is 2. The lowest BCUT2D eigenvalue weighted by Crippen LogP contribution is -2.75. The first-order chi connectivity index (χ1) is 28.1. The lowest BCUT2D eigenvalue weighted by atomic mass is 9.93. The van der Waals surface area contributed by atoms with E-state index in [-0.39, 0.29) is 54.9 Å². The summed E-state index contributed by atoms with van der Waals surface area (Å²) in [6, 6.07) is 4.31. The fourth-order valence-electron chi connectivity index (χ4n) is 9.71. The number of amides is 2. The lowest BCUT2D eigenvalue weighted by Gasteiger charge is -2.54. The van der Waals surface area contributed by atoms with E-state index in [1.165, 1.54) is 49.6 Å². The van der Waals surface area contributed by atoms with Crippen molar-refractivity contribution in [2.24, 2.45) is 5.92 Å². The summed E-state index contributed by atoms with van der Waals surface area (Å²) in [4.78, 5) is 41.0. The molecule has 4 fully saturated rings. The van der Waals surface area contributed by atoms with E-state index in [9.17, 15) is 14.7 Å². The summed E-state index contributed by atoms with van der Waals surface area (Å²) in [6.45, 7) is 14.8. The molecule has 5 heterocycles. The maximum atomic E-state index is 14.6. The number of aromatic nitrogens is 1. The molecule has 1 aliphatic carbocycles. The number of nitrogens with one attached hydrogen (secondary N) is 3. The maximum Gasteiger partial charge on any atom is 0.237 e. The molecule has 7 rings (SSSR count). The minimum absolute atomic E-state index is 0.0133. The molecular weight excluding hydrogens is 737 g/mol. The van der Waals surface area contributed by atoms with Crippen LogP contribution in [0.2, 0.25) is 0 Å². The molecule has 5 aliphatic rings. The van der Waals surface area contributed by atoms with Gasteiger partial charge in [-0.3, -0.25) is 34.9 Å². The van der Waals surface area contributed by atoms with Gasteiger partial charge < -0.3 is 29.2 Å². The van der Waals surface area contributed by atoms with Gasteiger partial charge in [-0.25, -0.2) is 4.98 Å². The van der Waals surface area contributed by atoms with Crippen molar-refractivity contribution in [1.82, 2.24) is 40.5 Å². The highest BCUT2D eigenvalue weighted by atomic mass is 16.5. The van der Waals surface area contributed by atoms with E-state index < -0.39 is 6.10 Å². The van der Waals surface area contributed by atoms with Gasteiger partial charge in [0.2, 0.25) is 11.8 Å². The molecule has 1 aromatic carbocycles. The molecule has 2 aromatic rings. The normalized spacial score (nSPS) is 25.6. The highest BCUT2D eigenvalue weighted by molar-refractivity contribution is 5.82. The first-order valence-corrected chi connectivity index (χ1v) is 22.4. The second-order valence-corrected chi connectivity index (χ2v) is 17.8. The predicted molar refractivity (Wildman–Crippen MR) is 222 cm³/mol. The third-order valence-corrected chi connectivity index (χ3v) is 13.2. The summed E-state index contributed by atoms with van der Waals surface area (Å²) >= 11 is 0. The third-order valence-electron chi connectivity index (χ3n) is 13.2. The molecule has 1 saturated carbocycles. The van der Waals surface area contributed by atoms with Gasteiger partial charge in [0.15, 0.2) is 12.2 Å². The highest BCUT2D eigenvalue weighted by Gasteiger charge is 2.46. The van der Waals surface area contributed by atoms with Crippen molar-refractivity contribution in [2.45, 2.75) is 148 Å². The molecule has 4 atom stereocenters. The number of β-amino-alcohol motifs (C(OH)–C–C–N with tert-alkyl or cyclic N) is 1. The predicted octanol–water partition coefficient (Wildman–Crippen LogP) is 3.66. The van der Waals surface area contributed by atoms with Gasteiger partial charge in [-0.05, 0) is 55.9 Å². The van der Waals surface area contributed by atoms with Crippen molar-refractivity contribution in [3.63, 3.8) is 0 Å². The maximum absolute atomic E-state index is 14.6. The van der Waals surface area contributed by atoms with Crippen LogP contribution in [0, 0.1) is 19.8 Å². The largest absolute Gasteiger partial charge is 0.485 e. The van der Waals surface area contributed by atoms with Gasteiger partial charge in [0.25, 0.3) is 0 Å². The van der Waals surface area contributed by atoms with Crippen LogP contribution in [0.25, 0.3) is 0 Å². The summed E-state index contributed by atoms with van der Waals surface area (Å²) < 4.78 is 17.1. The monoisotopic (exact) mass is 807 g/mol. The van der Waals surface area contributed by atoms with Gasteiger partial charge in [-0.1, -0.05) is 64.9 Å². The van der Waals surface area contributed by atoms with E-state index in [1.54, 1.807) is 0 Å². The summed E-state index contributed by atoms with van der Waals surface area (Å²) in [5, 5.41) is 22.4. The summed E-state index contributed by atoms with van der Waals surface area (Å²) in [7, 11) is 0. The topological polar surface area (TPSA) is 148 Å². The van der Waals surface area contributed by atoms with E-state index in [0.717, 1.165) is 81.1 Å². The molecule has 4 aliphatic heterocycles. The minimum Gasteiger partial charge on any atom is -0.485 e. The van der Waals surface area contributed by atoms with Crippen LogP contribution < -0.4 is 20.7 Å². The van der Waals surface area contributed by atoms with Crippen LogP contribution in [0.15, 0.2) is 22.9 Å². The zero-order valence-corrected chi connectivity index (χ0v) is 35.6. The number of rotatable bonds is 13. The van der Waals surface area contributed by atoms with Gasteiger partial charge in [-0.2, -0.15) is 0 Å². The Kier molecular flexibility index (Phi) is 15.1. The number of aryl methyl sites for hydroxylation is 1. The number of hydrogen-bond acceptors (Lipinski definition) is 12. The molecule has 0 radical (unpaired) electrons. The minimum atomic E-state index is -0.702. The Morgan fingerprint density at radius 1 is 1.00 bits per heavy atom. The van der Waals surface area contributed by atoms with Crippen LogP contribution >= 0.6 is 0 Å². The lowest BCUT2D eigenvalue weighted by molar-refractivity contribution is -0.148. The van der Waals surface area contributed by atoms with Crippen LogP contribution in [0.5, 0.6) is 5.75 Å². The molecule has 1 aromatic heterocycles. The molecule has 14 nitrogen and oxygen atoms in total. The second kappa shape index (κ2) is 20.4. The fraction of sp³-hybridized carbons (Fsp3) is 0.750. The van der Waals surface area contributed by atoms with E-state index in [0.29, 0.717) is 45.9 Å². The van der Waals surface area contributed by atoms with Gasteiger partial charge in [-0.15, -0.1) is 0 Å². The number of aliphatic hydroxyl groups excluding tert-OH is 1. The average molecular weight is 807 g/mol. The zero-order chi connectivity index (χ0) is 40.6. The van der Waals surface area contributed by atoms with Gasteiger partial charge >= 0.3 is 0 Å². The van der Waals surface area contributed by atoms with E-state index >= 15 is 0 Å².